The Morgan fingerprint density at radius 1 is 1.47 bits per heavy atom. The summed E-state index contributed by atoms with van der Waals surface area (Å²) in [6, 6.07) is 0. The van der Waals surface area contributed by atoms with Gasteiger partial charge in [0.25, 0.3) is 0 Å². The van der Waals surface area contributed by atoms with Gasteiger partial charge in [0, 0.05) is 17.8 Å². The molecule has 0 radical (unpaired) electrons. The van der Waals surface area contributed by atoms with Gasteiger partial charge in [-0.3, -0.25) is 0 Å². The lowest BCUT2D eigenvalue weighted by molar-refractivity contribution is 0.289. The van der Waals surface area contributed by atoms with Gasteiger partial charge >= 0.3 is 0 Å². The van der Waals surface area contributed by atoms with Gasteiger partial charge < -0.3 is 10.2 Å². The average Bonchev–Trinajstić information content (AvgIpc) is 2.89. The summed E-state index contributed by atoms with van der Waals surface area (Å²) in [7, 11) is 0. The minimum atomic E-state index is 0.561. The van der Waals surface area contributed by atoms with Crippen molar-refractivity contribution >= 4 is 11.8 Å². The zero-order chi connectivity index (χ0) is 12.1. The third-order valence-corrected chi connectivity index (χ3v) is 5.61. The summed E-state index contributed by atoms with van der Waals surface area (Å²) in [6.07, 6.45) is 5.51. The monoisotopic (exact) mass is 256 g/mol. The Labute approximate surface area is 111 Å². The van der Waals surface area contributed by atoms with E-state index in [2.05, 4.69) is 35.8 Å². The van der Waals surface area contributed by atoms with Crippen molar-refractivity contribution in [3.63, 3.8) is 0 Å². The number of rotatable bonds is 6. The highest BCUT2D eigenvalue weighted by molar-refractivity contribution is 8.00. The molecule has 2 atom stereocenters. The van der Waals surface area contributed by atoms with Crippen molar-refractivity contribution in [3.05, 3.63) is 0 Å². The van der Waals surface area contributed by atoms with Crippen molar-refractivity contribution in [2.45, 2.75) is 44.3 Å². The fourth-order valence-electron chi connectivity index (χ4n) is 3.14. The Bertz CT molecular complexity index is 226. The number of hydrogen-bond acceptors (Lipinski definition) is 3. The van der Waals surface area contributed by atoms with E-state index < -0.39 is 0 Å². The SMILES string of the molecule is CCCNCC1CCN(CC2(C)CCCS2)C1. The molecule has 1 N–H and O–H groups in total. The lowest BCUT2D eigenvalue weighted by Crippen LogP contribution is -2.36. The third kappa shape index (κ3) is 4.15. The Morgan fingerprint density at radius 2 is 2.35 bits per heavy atom. The fourth-order valence-corrected chi connectivity index (χ4v) is 4.48. The summed E-state index contributed by atoms with van der Waals surface area (Å²) in [5.41, 5.74) is 0. The minimum Gasteiger partial charge on any atom is -0.316 e. The first-order valence-corrected chi connectivity index (χ1v) is 8.27. The average molecular weight is 256 g/mol. The topological polar surface area (TPSA) is 15.3 Å². The van der Waals surface area contributed by atoms with Crippen molar-refractivity contribution in [1.82, 2.24) is 10.2 Å². The summed E-state index contributed by atoms with van der Waals surface area (Å²) < 4.78 is 0.561. The lowest BCUT2D eigenvalue weighted by Gasteiger charge is -2.29. The van der Waals surface area contributed by atoms with Gasteiger partial charge in [0.1, 0.15) is 0 Å². The summed E-state index contributed by atoms with van der Waals surface area (Å²) in [5, 5.41) is 3.57. The molecule has 3 heteroatoms. The zero-order valence-electron chi connectivity index (χ0n) is 11.5. The van der Waals surface area contributed by atoms with E-state index in [1.165, 1.54) is 64.2 Å². The molecule has 0 aromatic rings. The van der Waals surface area contributed by atoms with Crippen LogP contribution in [0.2, 0.25) is 0 Å². The van der Waals surface area contributed by atoms with E-state index in [9.17, 15) is 0 Å². The lowest BCUT2D eigenvalue weighted by atomic mass is 10.1. The molecule has 17 heavy (non-hydrogen) atoms. The summed E-state index contributed by atoms with van der Waals surface area (Å²) in [5.74, 6) is 2.28. The van der Waals surface area contributed by atoms with Crippen molar-refractivity contribution in [2.24, 2.45) is 5.92 Å². The van der Waals surface area contributed by atoms with Gasteiger partial charge in [0.05, 0.1) is 0 Å². The van der Waals surface area contributed by atoms with E-state index in [4.69, 9.17) is 0 Å². The number of hydrogen-bond donors (Lipinski definition) is 1. The van der Waals surface area contributed by atoms with Gasteiger partial charge in [-0.15, -0.1) is 0 Å². The van der Waals surface area contributed by atoms with Crippen LogP contribution in [0.15, 0.2) is 0 Å². The normalized spacial score (nSPS) is 34.6. The molecule has 2 heterocycles. The molecule has 2 aliphatic heterocycles. The predicted octanol–water partition coefficient (Wildman–Crippen LogP) is 2.59. The van der Waals surface area contributed by atoms with Gasteiger partial charge in [-0.25, -0.2) is 0 Å². The highest BCUT2D eigenvalue weighted by Crippen LogP contribution is 2.39. The minimum absolute atomic E-state index is 0.561. The Kier molecular flexibility index (Phi) is 5.19. The second-order valence-corrected chi connectivity index (χ2v) is 7.68. The van der Waals surface area contributed by atoms with Gasteiger partial charge in [-0.2, -0.15) is 11.8 Å². The Balaban J connectivity index is 1.67. The molecule has 0 saturated carbocycles. The second kappa shape index (κ2) is 6.44. The van der Waals surface area contributed by atoms with E-state index in [0.717, 1.165) is 5.92 Å². The zero-order valence-corrected chi connectivity index (χ0v) is 12.3. The molecule has 2 aliphatic rings. The molecular formula is C14H28N2S. The molecule has 2 rings (SSSR count). The maximum atomic E-state index is 3.57. The molecular weight excluding hydrogens is 228 g/mol. The summed E-state index contributed by atoms with van der Waals surface area (Å²) >= 11 is 2.20. The smallest absolute Gasteiger partial charge is 0.0259 e. The van der Waals surface area contributed by atoms with Crippen LogP contribution in [-0.4, -0.2) is 48.1 Å². The number of thioether (sulfide) groups is 1. The maximum Gasteiger partial charge on any atom is 0.0259 e. The Morgan fingerprint density at radius 3 is 3.06 bits per heavy atom. The van der Waals surface area contributed by atoms with Crippen LogP contribution in [0.1, 0.15) is 39.5 Å². The van der Waals surface area contributed by atoms with E-state index in [1.54, 1.807) is 0 Å². The van der Waals surface area contributed by atoms with Crippen LogP contribution in [0, 0.1) is 5.92 Å². The summed E-state index contributed by atoms with van der Waals surface area (Å²) in [6.45, 7) is 11.1. The highest BCUT2D eigenvalue weighted by Gasteiger charge is 2.33. The Hall–Kier alpha value is 0.270. The van der Waals surface area contributed by atoms with Crippen LogP contribution in [-0.2, 0) is 0 Å². The maximum absolute atomic E-state index is 3.57. The van der Waals surface area contributed by atoms with E-state index in [-0.39, 0.29) is 0 Å². The molecule has 0 aliphatic carbocycles. The molecule has 0 spiro atoms. The van der Waals surface area contributed by atoms with Crippen molar-refractivity contribution in [1.29, 1.82) is 0 Å². The van der Waals surface area contributed by atoms with Gasteiger partial charge in [0.2, 0.25) is 0 Å². The van der Waals surface area contributed by atoms with Crippen molar-refractivity contribution in [3.8, 4) is 0 Å². The highest BCUT2D eigenvalue weighted by atomic mass is 32.2. The molecule has 2 nitrogen and oxygen atoms in total. The molecule has 0 aromatic heterocycles. The van der Waals surface area contributed by atoms with Gasteiger partial charge in [-0.05, 0) is 63.9 Å². The van der Waals surface area contributed by atoms with Gasteiger partial charge in [0.15, 0.2) is 0 Å². The van der Waals surface area contributed by atoms with Gasteiger partial charge in [-0.1, -0.05) is 6.92 Å². The van der Waals surface area contributed by atoms with Crippen LogP contribution in [0.25, 0.3) is 0 Å². The molecule has 0 amide bonds. The van der Waals surface area contributed by atoms with Crippen LogP contribution >= 0.6 is 11.8 Å². The van der Waals surface area contributed by atoms with Crippen molar-refractivity contribution in [2.75, 3.05) is 38.5 Å². The number of nitrogens with one attached hydrogen (secondary N) is 1. The number of likely N-dealkylation sites (tertiary alicyclic amines) is 1. The molecule has 0 aromatic carbocycles. The molecule has 100 valence electrons. The third-order valence-electron chi connectivity index (χ3n) is 4.09. The number of nitrogens with zero attached hydrogens (tertiary/aromatic N) is 1. The first-order chi connectivity index (χ1) is 8.22. The second-order valence-electron chi connectivity index (χ2n) is 6.00. The van der Waals surface area contributed by atoms with Crippen LogP contribution in [0.4, 0.5) is 0 Å². The fraction of sp³-hybridized carbons (Fsp3) is 1.00. The summed E-state index contributed by atoms with van der Waals surface area (Å²) in [4.78, 5) is 2.70. The molecule has 2 saturated heterocycles. The standard InChI is InChI=1S/C14H28N2S/c1-3-7-15-10-13-5-8-16(11-13)12-14(2)6-4-9-17-14/h13,15H,3-12H2,1-2H3. The predicted molar refractivity (Wildman–Crippen MR) is 77.8 cm³/mol. The largest absolute Gasteiger partial charge is 0.316 e. The molecule has 0 bridgehead atoms. The first-order valence-electron chi connectivity index (χ1n) is 7.29. The molecule has 2 fully saturated rings. The van der Waals surface area contributed by atoms with Crippen LogP contribution in [0.3, 0.4) is 0 Å². The van der Waals surface area contributed by atoms with E-state index in [1.807, 2.05) is 0 Å². The van der Waals surface area contributed by atoms with Crippen LogP contribution in [0.5, 0.6) is 0 Å². The molecule has 2 unspecified atom stereocenters. The quantitative estimate of drug-likeness (QED) is 0.736. The van der Waals surface area contributed by atoms with Crippen molar-refractivity contribution < 1.29 is 0 Å². The van der Waals surface area contributed by atoms with Crippen LogP contribution < -0.4 is 5.32 Å². The van der Waals surface area contributed by atoms with E-state index in [0.29, 0.717) is 4.75 Å². The van der Waals surface area contributed by atoms with E-state index >= 15 is 0 Å². The first kappa shape index (κ1) is 13.7.